The molecule has 2 saturated carbocycles. The van der Waals surface area contributed by atoms with Crippen LogP contribution in [-0.4, -0.2) is 78.6 Å². The third-order valence-corrected chi connectivity index (χ3v) is 10.4. The molecule has 0 heterocycles. The van der Waals surface area contributed by atoms with Crippen molar-refractivity contribution < 1.29 is 49.8 Å². The molecule has 2 aliphatic rings. The number of unbranched alkanes of at least 4 members (excludes halogenated alkanes) is 8. The van der Waals surface area contributed by atoms with Crippen LogP contribution < -0.4 is 0 Å². The molecule has 0 amide bonds. The maximum absolute atomic E-state index is 12.2. The van der Waals surface area contributed by atoms with Gasteiger partial charge in [-0.3, -0.25) is 14.4 Å². The smallest absolute Gasteiger partial charge is 0.327 e. The zero-order chi connectivity index (χ0) is 38.9. The molecule has 2 rings (SSSR count). The van der Waals surface area contributed by atoms with E-state index in [1.165, 1.54) is 0 Å². The number of rotatable bonds is 26. The molecule has 0 aromatic carbocycles. The van der Waals surface area contributed by atoms with E-state index in [1.807, 2.05) is 12.2 Å². The molecule has 0 aromatic rings. The van der Waals surface area contributed by atoms with Gasteiger partial charge in [-0.15, -0.1) is 0 Å². The first-order valence-corrected chi connectivity index (χ1v) is 20.1. The second-order valence-corrected chi connectivity index (χ2v) is 15.1. The number of ketones is 2. The zero-order valence-electron chi connectivity index (χ0n) is 32.1. The van der Waals surface area contributed by atoms with Crippen molar-refractivity contribution in [2.45, 2.75) is 174 Å². The van der Waals surface area contributed by atoms with E-state index >= 15 is 0 Å². The Morgan fingerprint density at radius 2 is 1.25 bits per heavy atom. The summed E-state index contributed by atoms with van der Waals surface area (Å²) in [6.45, 7) is 6.42. The maximum atomic E-state index is 12.2. The highest BCUT2D eigenvalue weighted by Gasteiger charge is 2.40. The van der Waals surface area contributed by atoms with E-state index in [2.05, 4.69) is 20.8 Å². The number of carbonyl (C=O) groups excluding carboxylic acids is 2. The standard InChI is InChI=1S/C22H36O5.C20H34O5/c1-3-4-9-16(2)14-17(23)12-13-19-18(20(24)15-21(19)25)10-7-5-6-8-11-22(26)27;1-2-3-6-9-15(21)12-13-17-16(18(22)14-19(17)23)10-7-4-5-8-11-20(24)25/h8,11-13,16-19,21,23,25H,3-7,9-10,14-15H2,1-2H3,(H,26,27);12-13,15-17,19,21,23H,2-11,14H2,1H3,(H,24,25)/b11-8+,13-12+;13-12+/t16-,17+,18+,19+,21+;15-,16+,17+,19+/m00/s1. The summed E-state index contributed by atoms with van der Waals surface area (Å²) in [5, 5.41) is 57.7. The van der Waals surface area contributed by atoms with E-state index in [4.69, 9.17) is 10.2 Å². The highest BCUT2D eigenvalue weighted by Crippen LogP contribution is 2.35. The number of carboxylic acids is 2. The summed E-state index contributed by atoms with van der Waals surface area (Å²) in [7, 11) is 0. The lowest BCUT2D eigenvalue weighted by Crippen LogP contribution is -2.19. The Morgan fingerprint density at radius 3 is 1.79 bits per heavy atom. The zero-order valence-corrected chi connectivity index (χ0v) is 32.1. The summed E-state index contributed by atoms with van der Waals surface area (Å²) in [6.07, 6.45) is 23.2. The van der Waals surface area contributed by atoms with Gasteiger partial charge in [-0.1, -0.05) is 115 Å². The quantitative estimate of drug-likeness (QED) is 0.0297. The van der Waals surface area contributed by atoms with Crippen molar-refractivity contribution >= 4 is 23.5 Å². The van der Waals surface area contributed by atoms with E-state index in [0.717, 1.165) is 89.5 Å². The second-order valence-electron chi connectivity index (χ2n) is 15.1. The second kappa shape index (κ2) is 27.9. The Morgan fingerprint density at radius 1 is 0.712 bits per heavy atom. The number of aliphatic hydroxyl groups excluding tert-OH is 4. The summed E-state index contributed by atoms with van der Waals surface area (Å²) in [4.78, 5) is 45.2. The summed E-state index contributed by atoms with van der Waals surface area (Å²) < 4.78 is 0. The molecular weight excluding hydrogens is 664 g/mol. The Bertz CT molecular complexity index is 1110. The summed E-state index contributed by atoms with van der Waals surface area (Å²) in [5.74, 6) is -1.88. The molecule has 10 heteroatoms. The highest BCUT2D eigenvalue weighted by molar-refractivity contribution is 5.85. The number of Topliss-reactive ketones (excluding diaryl/α,β-unsaturated/α-hetero) is 2. The molecule has 9 atom stereocenters. The van der Waals surface area contributed by atoms with Gasteiger partial charge in [0.15, 0.2) is 0 Å². The van der Waals surface area contributed by atoms with Crippen molar-refractivity contribution in [3.63, 3.8) is 0 Å². The largest absolute Gasteiger partial charge is 0.481 e. The van der Waals surface area contributed by atoms with E-state index < -0.39 is 36.4 Å². The van der Waals surface area contributed by atoms with Crippen LogP contribution >= 0.6 is 0 Å². The van der Waals surface area contributed by atoms with Crippen LogP contribution in [0, 0.1) is 29.6 Å². The van der Waals surface area contributed by atoms with Crippen molar-refractivity contribution in [3.05, 3.63) is 36.5 Å². The van der Waals surface area contributed by atoms with E-state index in [0.29, 0.717) is 31.6 Å². The molecule has 0 aromatic heterocycles. The first-order valence-electron chi connectivity index (χ1n) is 20.1. The number of hydrogen-bond acceptors (Lipinski definition) is 8. The van der Waals surface area contributed by atoms with Gasteiger partial charge in [0.1, 0.15) is 11.6 Å². The minimum Gasteiger partial charge on any atom is -0.481 e. The van der Waals surface area contributed by atoms with E-state index in [9.17, 15) is 39.6 Å². The monoisotopic (exact) mass is 734 g/mol. The minimum atomic E-state index is -0.947. The molecule has 298 valence electrons. The predicted octanol–water partition coefficient (Wildman–Crippen LogP) is 7.36. The van der Waals surface area contributed by atoms with Crippen LogP contribution in [0.4, 0.5) is 0 Å². The Labute approximate surface area is 312 Å². The van der Waals surface area contributed by atoms with Crippen LogP contribution in [0.15, 0.2) is 36.5 Å². The lowest BCUT2D eigenvalue weighted by molar-refractivity contribution is -0.137. The Kier molecular flexibility index (Phi) is 25.4. The number of carboxylic acid groups (broad SMARTS) is 2. The Balaban J connectivity index is 0.000000522. The Hall–Kier alpha value is -2.66. The van der Waals surface area contributed by atoms with E-state index in [-0.39, 0.29) is 54.5 Å². The minimum absolute atomic E-state index is 0.0871. The normalized spacial score (nSPS) is 25.2. The van der Waals surface area contributed by atoms with Crippen molar-refractivity contribution in [1.29, 1.82) is 0 Å². The molecule has 2 aliphatic carbocycles. The van der Waals surface area contributed by atoms with E-state index in [1.54, 1.807) is 18.2 Å². The lowest BCUT2D eigenvalue weighted by Gasteiger charge is -2.18. The average Bonchev–Trinajstić information content (AvgIpc) is 3.51. The number of aliphatic carboxylic acids is 2. The van der Waals surface area contributed by atoms with Gasteiger partial charge in [-0.05, 0) is 50.9 Å². The third kappa shape index (κ3) is 20.5. The van der Waals surface area contributed by atoms with Crippen molar-refractivity contribution in [1.82, 2.24) is 0 Å². The fourth-order valence-electron chi connectivity index (χ4n) is 7.36. The molecule has 0 radical (unpaired) electrons. The SMILES string of the molecule is CCCCC[C@H](O)/C=C/[C@H]1[C@H](O)CC(=O)[C@@H]1CCCCCCC(=O)O.CCCC[C@H](C)C[C@H](O)/C=C/[C@H]1[C@H](O)CC(=O)[C@@H]1CCCC/C=C/C(=O)O. The summed E-state index contributed by atoms with van der Waals surface area (Å²) >= 11 is 0. The van der Waals surface area contributed by atoms with Gasteiger partial charge < -0.3 is 30.6 Å². The molecule has 6 N–H and O–H groups in total. The van der Waals surface area contributed by atoms with Crippen LogP contribution in [0.5, 0.6) is 0 Å². The summed E-state index contributed by atoms with van der Waals surface area (Å²) in [6, 6.07) is 0. The number of hydrogen-bond donors (Lipinski definition) is 6. The third-order valence-electron chi connectivity index (χ3n) is 10.4. The van der Waals surface area contributed by atoms with Crippen LogP contribution in [0.25, 0.3) is 0 Å². The van der Waals surface area contributed by atoms with Gasteiger partial charge in [0.2, 0.25) is 0 Å². The van der Waals surface area contributed by atoms with Crippen LogP contribution in [0.2, 0.25) is 0 Å². The van der Waals surface area contributed by atoms with Gasteiger partial charge in [0.05, 0.1) is 24.4 Å². The van der Waals surface area contributed by atoms with Gasteiger partial charge in [-0.2, -0.15) is 0 Å². The fraction of sp³-hybridized carbons (Fsp3) is 0.762. The number of allylic oxidation sites excluding steroid dienone is 1. The predicted molar refractivity (Wildman–Crippen MR) is 204 cm³/mol. The molecule has 0 spiro atoms. The van der Waals surface area contributed by atoms with Gasteiger partial charge in [0, 0.05) is 49.0 Å². The van der Waals surface area contributed by atoms with Crippen LogP contribution in [0.3, 0.4) is 0 Å². The van der Waals surface area contributed by atoms with Crippen molar-refractivity contribution in [3.8, 4) is 0 Å². The number of aliphatic hydroxyl groups is 4. The molecule has 52 heavy (non-hydrogen) atoms. The summed E-state index contributed by atoms with van der Waals surface area (Å²) in [5.41, 5.74) is 0. The lowest BCUT2D eigenvalue weighted by atomic mass is 9.88. The first-order chi connectivity index (χ1) is 24.8. The van der Waals surface area contributed by atoms with Gasteiger partial charge >= 0.3 is 11.9 Å². The van der Waals surface area contributed by atoms with Crippen LogP contribution in [-0.2, 0) is 19.2 Å². The maximum Gasteiger partial charge on any atom is 0.327 e. The average molecular weight is 735 g/mol. The van der Waals surface area contributed by atoms with Gasteiger partial charge in [0.25, 0.3) is 0 Å². The van der Waals surface area contributed by atoms with Crippen LogP contribution in [0.1, 0.15) is 149 Å². The molecule has 0 saturated heterocycles. The molecule has 0 bridgehead atoms. The fourth-order valence-corrected chi connectivity index (χ4v) is 7.36. The molecular formula is C42H70O10. The molecule has 0 unspecified atom stereocenters. The topological polar surface area (TPSA) is 190 Å². The highest BCUT2D eigenvalue weighted by atomic mass is 16.4. The first kappa shape index (κ1) is 47.4. The molecule has 2 fully saturated rings. The van der Waals surface area contributed by atoms with Crippen molar-refractivity contribution in [2.24, 2.45) is 29.6 Å². The van der Waals surface area contributed by atoms with Crippen molar-refractivity contribution in [2.75, 3.05) is 0 Å². The number of carbonyl (C=O) groups is 4. The van der Waals surface area contributed by atoms with Gasteiger partial charge in [-0.25, -0.2) is 4.79 Å². The molecule has 0 aliphatic heterocycles. The molecule has 10 nitrogen and oxygen atoms in total.